The van der Waals surface area contributed by atoms with Crippen LogP contribution in [0.5, 0.6) is 0 Å². The second-order valence-corrected chi connectivity index (χ2v) is 5.31. The zero-order valence-corrected chi connectivity index (χ0v) is 9.99. The molecule has 1 rings (SSSR count). The zero-order chi connectivity index (χ0) is 11.6. The number of hydrogen-bond donors (Lipinski definition) is 1. The largest absolute Gasteiger partial charge is 0.444 e. The molecule has 1 fully saturated rings. The third-order valence-corrected chi connectivity index (χ3v) is 2.65. The highest BCUT2D eigenvalue weighted by atomic mass is 16.6. The summed E-state index contributed by atoms with van der Waals surface area (Å²) in [5.74, 6) is 0.542. The molecular weight excluding hydrogens is 194 g/mol. The molecule has 1 heterocycles. The summed E-state index contributed by atoms with van der Waals surface area (Å²) in [7, 11) is 0. The fourth-order valence-electron chi connectivity index (χ4n) is 1.75. The number of likely N-dealkylation sites (tertiary alicyclic amines) is 1. The lowest BCUT2D eigenvalue weighted by Crippen LogP contribution is -2.35. The Hall–Kier alpha value is -0.770. The molecule has 1 N–H and O–H groups in total. The summed E-state index contributed by atoms with van der Waals surface area (Å²) < 4.78 is 5.27. The van der Waals surface area contributed by atoms with Gasteiger partial charge in [-0.05, 0) is 26.7 Å². The highest BCUT2D eigenvalue weighted by Crippen LogP contribution is 2.24. The molecule has 1 saturated heterocycles. The van der Waals surface area contributed by atoms with E-state index >= 15 is 0 Å². The molecule has 0 aliphatic carbocycles. The van der Waals surface area contributed by atoms with Gasteiger partial charge in [0.1, 0.15) is 5.60 Å². The van der Waals surface area contributed by atoms with Gasteiger partial charge in [0.2, 0.25) is 0 Å². The number of hydrogen-bond acceptors (Lipinski definition) is 3. The number of amides is 1. The van der Waals surface area contributed by atoms with Gasteiger partial charge >= 0.3 is 6.09 Å². The monoisotopic (exact) mass is 215 g/mol. The Labute approximate surface area is 91.2 Å². The normalized spacial score (nSPS) is 26.9. The van der Waals surface area contributed by atoms with Crippen molar-refractivity contribution in [1.29, 1.82) is 0 Å². The quantitative estimate of drug-likeness (QED) is 0.720. The molecule has 0 aromatic carbocycles. The van der Waals surface area contributed by atoms with Crippen molar-refractivity contribution in [2.75, 3.05) is 19.7 Å². The van der Waals surface area contributed by atoms with Crippen LogP contribution in [-0.2, 0) is 4.74 Å². The van der Waals surface area contributed by atoms with Gasteiger partial charge in [0, 0.05) is 25.6 Å². The van der Waals surface area contributed by atoms with Crippen molar-refractivity contribution in [2.24, 2.45) is 11.8 Å². The van der Waals surface area contributed by atoms with E-state index in [-0.39, 0.29) is 18.6 Å². The van der Waals surface area contributed by atoms with Gasteiger partial charge in [0.05, 0.1) is 0 Å². The maximum atomic E-state index is 11.7. The van der Waals surface area contributed by atoms with E-state index in [2.05, 4.69) is 0 Å². The molecule has 15 heavy (non-hydrogen) atoms. The molecule has 0 aromatic heterocycles. The first-order valence-electron chi connectivity index (χ1n) is 5.42. The zero-order valence-electron chi connectivity index (χ0n) is 9.99. The minimum absolute atomic E-state index is 0.139. The van der Waals surface area contributed by atoms with E-state index in [0.717, 1.165) is 0 Å². The summed E-state index contributed by atoms with van der Waals surface area (Å²) in [6, 6.07) is 0. The number of rotatable bonds is 1. The van der Waals surface area contributed by atoms with Crippen molar-refractivity contribution in [1.82, 2.24) is 4.90 Å². The van der Waals surface area contributed by atoms with Crippen LogP contribution >= 0.6 is 0 Å². The Morgan fingerprint density at radius 2 is 2.07 bits per heavy atom. The van der Waals surface area contributed by atoms with Crippen LogP contribution in [-0.4, -0.2) is 41.4 Å². The van der Waals surface area contributed by atoms with E-state index in [0.29, 0.717) is 19.0 Å². The summed E-state index contributed by atoms with van der Waals surface area (Å²) in [6.07, 6.45) is -0.273. The molecule has 1 aliphatic heterocycles. The summed E-state index contributed by atoms with van der Waals surface area (Å²) >= 11 is 0. The van der Waals surface area contributed by atoms with Crippen LogP contribution in [0.4, 0.5) is 4.79 Å². The summed E-state index contributed by atoms with van der Waals surface area (Å²) in [4.78, 5) is 13.4. The van der Waals surface area contributed by atoms with Gasteiger partial charge in [0.25, 0.3) is 0 Å². The van der Waals surface area contributed by atoms with E-state index in [9.17, 15) is 4.79 Å². The SMILES string of the molecule is C[C@@H]1CN(C(=O)OC(C)(C)C)C[C@@H]1CO. The predicted octanol–water partition coefficient (Wildman–Crippen LogP) is 1.48. The minimum Gasteiger partial charge on any atom is -0.444 e. The summed E-state index contributed by atoms with van der Waals surface area (Å²) in [5.41, 5.74) is -0.447. The number of aliphatic hydroxyl groups excluding tert-OH is 1. The third kappa shape index (κ3) is 3.38. The maximum Gasteiger partial charge on any atom is 0.410 e. The first kappa shape index (κ1) is 12.3. The Morgan fingerprint density at radius 3 is 2.47 bits per heavy atom. The first-order valence-corrected chi connectivity index (χ1v) is 5.42. The fourth-order valence-corrected chi connectivity index (χ4v) is 1.75. The molecule has 0 saturated carbocycles. The number of aliphatic hydroxyl groups is 1. The van der Waals surface area contributed by atoms with Crippen LogP contribution in [0.15, 0.2) is 0 Å². The molecule has 4 nitrogen and oxygen atoms in total. The van der Waals surface area contributed by atoms with Crippen molar-refractivity contribution in [3.63, 3.8) is 0 Å². The molecule has 4 heteroatoms. The van der Waals surface area contributed by atoms with Crippen LogP contribution in [0.3, 0.4) is 0 Å². The second-order valence-electron chi connectivity index (χ2n) is 5.31. The molecule has 0 bridgehead atoms. The van der Waals surface area contributed by atoms with E-state index in [4.69, 9.17) is 9.84 Å². The van der Waals surface area contributed by atoms with Crippen molar-refractivity contribution >= 4 is 6.09 Å². The Kier molecular flexibility index (Phi) is 3.60. The molecule has 1 amide bonds. The molecule has 1 aliphatic rings. The fraction of sp³-hybridized carbons (Fsp3) is 0.909. The number of carbonyl (C=O) groups is 1. The van der Waals surface area contributed by atoms with E-state index in [1.807, 2.05) is 27.7 Å². The van der Waals surface area contributed by atoms with E-state index in [1.54, 1.807) is 4.90 Å². The molecule has 2 atom stereocenters. The van der Waals surface area contributed by atoms with Crippen LogP contribution in [0, 0.1) is 11.8 Å². The van der Waals surface area contributed by atoms with Gasteiger partial charge in [-0.3, -0.25) is 0 Å². The molecule has 0 radical (unpaired) electrons. The summed E-state index contributed by atoms with van der Waals surface area (Å²) in [5, 5.41) is 9.09. The molecule has 88 valence electrons. The van der Waals surface area contributed by atoms with Crippen molar-refractivity contribution in [3.8, 4) is 0 Å². The van der Waals surface area contributed by atoms with Gasteiger partial charge in [-0.15, -0.1) is 0 Å². The van der Waals surface area contributed by atoms with Gasteiger partial charge in [-0.25, -0.2) is 4.79 Å². The number of ether oxygens (including phenoxy) is 1. The van der Waals surface area contributed by atoms with Gasteiger partial charge < -0.3 is 14.7 Å². The lowest BCUT2D eigenvalue weighted by Gasteiger charge is -2.24. The molecule has 0 aromatic rings. The molecule has 0 spiro atoms. The van der Waals surface area contributed by atoms with Gasteiger partial charge in [0.15, 0.2) is 0 Å². The van der Waals surface area contributed by atoms with Crippen LogP contribution in [0.25, 0.3) is 0 Å². The molecular formula is C11H21NO3. The minimum atomic E-state index is -0.447. The Bertz CT molecular complexity index is 234. The van der Waals surface area contributed by atoms with Crippen LogP contribution < -0.4 is 0 Å². The van der Waals surface area contributed by atoms with Crippen molar-refractivity contribution in [2.45, 2.75) is 33.3 Å². The first-order chi connectivity index (χ1) is 6.83. The van der Waals surface area contributed by atoms with E-state index in [1.165, 1.54) is 0 Å². The van der Waals surface area contributed by atoms with Crippen LogP contribution in [0.1, 0.15) is 27.7 Å². The maximum absolute atomic E-state index is 11.7. The smallest absolute Gasteiger partial charge is 0.410 e. The van der Waals surface area contributed by atoms with Crippen LogP contribution in [0.2, 0.25) is 0 Å². The topological polar surface area (TPSA) is 49.8 Å². The third-order valence-electron chi connectivity index (χ3n) is 2.65. The van der Waals surface area contributed by atoms with Gasteiger partial charge in [-0.2, -0.15) is 0 Å². The Balaban J connectivity index is 2.50. The lowest BCUT2D eigenvalue weighted by molar-refractivity contribution is 0.0281. The number of nitrogens with zero attached hydrogens (tertiary/aromatic N) is 1. The van der Waals surface area contributed by atoms with Crippen molar-refractivity contribution in [3.05, 3.63) is 0 Å². The number of carbonyl (C=O) groups excluding carboxylic acids is 1. The second kappa shape index (κ2) is 4.39. The lowest BCUT2D eigenvalue weighted by atomic mass is 10.00. The van der Waals surface area contributed by atoms with E-state index < -0.39 is 5.60 Å². The average molecular weight is 215 g/mol. The summed E-state index contributed by atoms with van der Waals surface area (Å²) in [6.45, 7) is 9.04. The van der Waals surface area contributed by atoms with Crippen molar-refractivity contribution < 1.29 is 14.6 Å². The standard InChI is InChI=1S/C11H21NO3/c1-8-5-12(6-9(8)7-13)10(14)15-11(2,3)4/h8-9,13H,5-7H2,1-4H3/t8-,9-/m1/s1. The highest BCUT2D eigenvalue weighted by Gasteiger charge is 2.34. The highest BCUT2D eigenvalue weighted by molar-refractivity contribution is 5.68. The molecule has 0 unspecified atom stereocenters. The predicted molar refractivity (Wildman–Crippen MR) is 57.5 cm³/mol. The average Bonchev–Trinajstić information content (AvgIpc) is 2.43. The van der Waals surface area contributed by atoms with Gasteiger partial charge in [-0.1, -0.05) is 6.92 Å². The Morgan fingerprint density at radius 1 is 1.47 bits per heavy atom.